The SMILES string of the molecule is Oc1cccc(-c2nc(CCC(F)(F)F)no2)c1O. The van der Waals surface area contributed by atoms with E-state index in [1.165, 1.54) is 18.2 Å². The zero-order valence-electron chi connectivity index (χ0n) is 9.48. The molecule has 0 saturated heterocycles. The summed E-state index contributed by atoms with van der Waals surface area (Å²) in [7, 11) is 0. The van der Waals surface area contributed by atoms with Crippen molar-refractivity contribution < 1.29 is 27.9 Å². The molecule has 0 fully saturated rings. The van der Waals surface area contributed by atoms with Crippen molar-refractivity contribution in [3.8, 4) is 23.0 Å². The highest BCUT2D eigenvalue weighted by Crippen LogP contribution is 2.35. The van der Waals surface area contributed by atoms with E-state index in [-0.39, 0.29) is 23.0 Å². The second kappa shape index (κ2) is 4.79. The van der Waals surface area contributed by atoms with Crippen molar-refractivity contribution in [1.29, 1.82) is 0 Å². The molecule has 0 amide bonds. The monoisotopic (exact) mass is 274 g/mol. The Hall–Kier alpha value is -2.25. The van der Waals surface area contributed by atoms with E-state index in [4.69, 9.17) is 4.52 Å². The lowest BCUT2D eigenvalue weighted by Crippen LogP contribution is -2.09. The van der Waals surface area contributed by atoms with Gasteiger partial charge in [0.2, 0.25) is 0 Å². The van der Waals surface area contributed by atoms with Crippen molar-refractivity contribution in [2.24, 2.45) is 0 Å². The summed E-state index contributed by atoms with van der Waals surface area (Å²) in [6, 6.07) is 4.08. The Balaban J connectivity index is 2.19. The van der Waals surface area contributed by atoms with Gasteiger partial charge in [-0.05, 0) is 12.1 Å². The second-order valence-electron chi connectivity index (χ2n) is 3.80. The number of nitrogens with zero attached hydrogens (tertiary/aromatic N) is 2. The minimum atomic E-state index is -4.30. The van der Waals surface area contributed by atoms with Crippen LogP contribution in [0.3, 0.4) is 0 Å². The Kier molecular flexibility index (Phi) is 3.32. The Morgan fingerprint density at radius 2 is 1.95 bits per heavy atom. The number of rotatable bonds is 3. The largest absolute Gasteiger partial charge is 0.504 e. The molecular formula is C11H9F3N2O3. The Labute approximate surface area is 105 Å². The van der Waals surface area contributed by atoms with Gasteiger partial charge in [-0.25, -0.2) is 0 Å². The number of alkyl halides is 3. The van der Waals surface area contributed by atoms with Gasteiger partial charge in [-0.3, -0.25) is 0 Å². The molecule has 2 rings (SSSR count). The van der Waals surface area contributed by atoms with Crippen LogP contribution in [0.4, 0.5) is 13.2 Å². The third kappa shape index (κ3) is 3.15. The topological polar surface area (TPSA) is 79.4 Å². The van der Waals surface area contributed by atoms with Gasteiger partial charge in [0.1, 0.15) is 0 Å². The Bertz CT molecular complexity index is 581. The maximum atomic E-state index is 12.0. The molecule has 1 heterocycles. The third-order valence-electron chi connectivity index (χ3n) is 2.35. The van der Waals surface area contributed by atoms with Gasteiger partial charge >= 0.3 is 6.18 Å². The van der Waals surface area contributed by atoms with Crippen LogP contribution in [0, 0.1) is 0 Å². The molecule has 0 unspecified atom stereocenters. The second-order valence-corrected chi connectivity index (χ2v) is 3.80. The summed E-state index contributed by atoms with van der Waals surface area (Å²) in [6.45, 7) is 0. The summed E-state index contributed by atoms with van der Waals surface area (Å²) >= 11 is 0. The molecule has 102 valence electrons. The molecular weight excluding hydrogens is 265 g/mol. The van der Waals surface area contributed by atoms with Crippen molar-refractivity contribution in [2.45, 2.75) is 19.0 Å². The fourth-order valence-electron chi connectivity index (χ4n) is 1.42. The molecule has 2 aromatic rings. The van der Waals surface area contributed by atoms with E-state index in [0.717, 1.165) is 0 Å². The van der Waals surface area contributed by atoms with E-state index >= 15 is 0 Å². The van der Waals surface area contributed by atoms with Crippen molar-refractivity contribution in [2.75, 3.05) is 0 Å². The molecule has 0 bridgehead atoms. The Morgan fingerprint density at radius 3 is 2.63 bits per heavy atom. The fourth-order valence-corrected chi connectivity index (χ4v) is 1.42. The van der Waals surface area contributed by atoms with Crippen molar-refractivity contribution >= 4 is 0 Å². The van der Waals surface area contributed by atoms with Crippen LogP contribution in [0.2, 0.25) is 0 Å². The van der Waals surface area contributed by atoms with Crippen LogP contribution in [-0.4, -0.2) is 26.5 Å². The van der Waals surface area contributed by atoms with Gasteiger partial charge in [0, 0.05) is 6.42 Å². The lowest BCUT2D eigenvalue weighted by Gasteiger charge is -2.02. The van der Waals surface area contributed by atoms with Crippen LogP contribution in [0.1, 0.15) is 12.2 Å². The number of aromatic nitrogens is 2. The molecule has 0 spiro atoms. The molecule has 0 aliphatic heterocycles. The summed E-state index contributed by atoms with van der Waals surface area (Å²) in [5, 5.41) is 22.2. The van der Waals surface area contributed by atoms with Crippen LogP contribution < -0.4 is 0 Å². The summed E-state index contributed by atoms with van der Waals surface area (Å²) < 4.78 is 40.8. The van der Waals surface area contributed by atoms with Gasteiger partial charge < -0.3 is 14.7 Å². The first-order valence-electron chi connectivity index (χ1n) is 5.27. The van der Waals surface area contributed by atoms with Gasteiger partial charge in [0.05, 0.1) is 12.0 Å². The van der Waals surface area contributed by atoms with Crippen LogP contribution in [0.15, 0.2) is 22.7 Å². The van der Waals surface area contributed by atoms with E-state index in [0.29, 0.717) is 0 Å². The number of halogens is 3. The van der Waals surface area contributed by atoms with Crippen molar-refractivity contribution in [1.82, 2.24) is 10.1 Å². The molecule has 5 nitrogen and oxygen atoms in total. The first kappa shape index (κ1) is 13.2. The smallest absolute Gasteiger partial charge is 0.389 e. The molecule has 0 saturated carbocycles. The molecule has 1 aromatic carbocycles. The number of benzene rings is 1. The first-order valence-corrected chi connectivity index (χ1v) is 5.27. The zero-order valence-corrected chi connectivity index (χ0v) is 9.48. The van der Waals surface area contributed by atoms with Crippen LogP contribution in [0.25, 0.3) is 11.5 Å². The first-order chi connectivity index (χ1) is 8.87. The maximum Gasteiger partial charge on any atom is 0.389 e. The third-order valence-corrected chi connectivity index (χ3v) is 2.35. The van der Waals surface area contributed by atoms with E-state index in [2.05, 4.69) is 10.1 Å². The molecule has 0 aliphatic carbocycles. The van der Waals surface area contributed by atoms with Crippen LogP contribution in [-0.2, 0) is 6.42 Å². The molecule has 2 N–H and O–H groups in total. The van der Waals surface area contributed by atoms with E-state index in [1.54, 1.807) is 0 Å². The molecule has 8 heteroatoms. The number of para-hydroxylation sites is 1. The summed E-state index contributed by atoms with van der Waals surface area (Å²) in [5.41, 5.74) is 0.0609. The van der Waals surface area contributed by atoms with E-state index in [9.17, 15) is 23.4 Å². The number of phenols is 2. The number of hydrogen-bond donors (Lipinski definition) is 2. The summed E-state index contributed by atoms with van der Waals surface area (Å²) in [6.07, 6.45) is -5.77. The van der Waals surface area contributed by atoms with Crippen molar-refractivity contribution in [3.63, 3.8) is 0 Å². The summed E-state index contributed by atoms with van der Waals surface area (Å²) in [5.74, 6) is -1.11. The summed E-state index contributed by atoms with van der Waals surface area (Å²) in [4.78, 5) is 3.74. The van der Waals surface area contributed by atoms with Crippen LogP contribution >= 0.6 is 0 Å². The molecule has 0 radical (unpaired) electrons. The lowest BCUT2D eigenvalue weighted by molar-refractivity contribution is -0.134. The predicted molar refractivity (Wildman–Crippen MR) is 57.4 cm³/mol. The molecule has 19 heavy (non-hydrogen) atoms. The lowest BCUT2D eigenvalue weighted by atomic mass is 10.2. The Morgan fingerprint density at radius 1 is 1.21 bits per heavy atom. The number of aromatic hydroxyl groups is 2. The van der Waals surface area contributed by atoms with E-state index in [1.807, 2.05) is 0 Å². The van der Waals surface area contributed by atoms with Gasteiger partial charge in [-0.1, -0.05) is 11.2 Å². The van der Waals surface area contributed by atoms with Gasteiger partial charge in [-0.2, -0.15) is 18.2 Å². The highest BCUT2D eigenvalue weighted by molar-refractivity contribution is 5.66. The maximum absolute atomic E-state index is 12.0. The average Bonchev–Trinajstić information content (AvgIpc) is 2.78. The number of phenolic OH excluding ortho intramolecular Hbond substituents is 2. The van der Waals surface area contributed by atoms with E-state index < -0.39 is 24.8 Å². The standard InChI is InChI=1S/C11H9F3N2O3/c12-11(13,14)5-4-8-15-10(19-16-8)6-2-1-3-7(17)9(6)18/h1-3,17-18H,4-5H2. The minimum absolute atomic E-state index is 0.0609. The minimum Gasteiger partial charge on any atom is -0.504 e. The van der Waals surface area contributed by atoms with Crippen LogP contribution in [0.5, 0.6) is 11.5 Å². The zero-order chi connectivity index (χ0) is 14.0. The average molecular weight is 274 g/mol. The molecule has 0 atom stereocenters. The fraction of sp³-hybridized carbons (Fsp3) is 0.273. The highest BCUT2D eigenvalue weighted by atomic mass is 19.4. The molecule has 0 aliphatic rings. The van der Waals surface area contributed by atoms with Gasteiger partial charge in [0.25, 0.3) is 5.89 Å². The quantitative estimate of drug-likeness (QED) is 0.841. The highest BCUT2D eigenvalue weighted by Gasteiger charge is 2.27. The molecule has 1 aromatic heterocycles. The van der Waals surface area contributed by atoms with Crippen molar-refractivity contribution in [3.05, 3.63) is 24.0 Å². The van der Waals surface area contributed by atoms with Gasteiger partial charge in [0.15, 0.2) is 17.3 Å². The number of hydrogen-bond acceptors (Lipinski definition) is 5. The number of aryl methyl sites for hydroxylation is 1. The predicted octanol–water partition coefficient (Wildman–Crippen LogP) is 2.64. The normalized spacial score (nSPS) is 11.7. The van der Waals surface area contributed by atoms with Gasteiger partial charge in [-0.15, -0.1) is 0 Å².